The summed E-state index contributed by atoms with van der Waals surface area (Å²) < 4.78 is 51.6. The predicted molar refractivity (Wildman–Crippen MR) is 113 cm³/mol. The maximum atomic E-state index is 14.6. The van der Waals surface area contributed by atoms with E-state index in [2.05, 4.69) is 16.0 Å². The largest absolute Gasteiger partial charge is 0.496 e. The summed E-state index contributed by atoms with van der Waals surface area (Å²) in [5.41, 5.74) is 2.42. The van der Waals surface area contributed by atoms with E-state index in [1.807, 2.05) is 18.4 Å². The van der Waals surface area contributed by atoms with Crippen LogP contribution in [0.3, 0.4) is 0 Å². The first-order valence-electron chi connectivity index (χ1n) is 9.18. The molecule has 2 aromatic rings. The van der Waals surface area contributed by atoms with Crippen LogP contribution in [-0.4, -0.2) is 43.2 Å². The van der Waals surface area contributed by atoms with E-state index in [-0.39, 0.29) is 11.5 Å². The number of aliphatic carboxylic acids is 1. The molecule has 2 amide bonds. The lowest BCUT2D eigenvalue weighted by molar-refractivity contribution is -0.192. The molecule has 4 N–H and O–H groups in total. The van der Waals surface area contributed by atoms with Crippen molar-refractivity contribution < 1.29 is 37.0 Å². The number of anilines is 2. The number of urea groups is 1. The second kappa shape index (κ2) is 11.0. The summed E-state index contributed by atoms with van der Waals surface area (Å²) in [6.07, 6.45) is -2.53. The number of halogens is 4. The number of alkyl halides is 3. The molecule has 7 nitrogen and oxygen atoms in total. The maximum absolute atomic E-state index is 14.6. The Balaban J connectivity index is 0.000000451. The van der Waals surface area contributed by atoms with E-state index in [0.717, 1.165) is 22.8 Å². The van der Waals surface area contributed by atoms with Crippen LogP contribution in [0.1, 0.15) is 11.1 Å². The van der Waals surface area contributed by atoms with Crippen LogP contribution in [0.4, 0.5) is 33.7 Å². The second-order valence-corrected chi connectivity index (χ2v) is 7.29. The number of fused-ring (bicyclic) bond motifs is 1. The third kappa shape index (κ3) is 6.76. The van der Waals surface area contributed by atoms with Crippen LogP contribution >= 0.6 is 11.8 Å². The summed E-state index contributed by atoms with van der Waals surface area (Å²) in [7, 11) is 1.60. The second-order valence-electron chi connectivity index (χ2n) is 6.44. The molecule has 1 aliphatic rings. The molecule has 0 spiro atoms. The van der Waals surface area contributed by atoms with Crippen molar-refractivity contribution in [2.24, 2.45) is 0 Å². The van der Waals surface area contributed by atoms with Crippen LogP contribution in [-0.2, 0) is 17.8 Å². The van der Waals surface area contributed by atoms with E-state index in [0.29, 0.717) is 24.2 Å². The van der Waals surface area contributed by atoms with Gasteiger partial charge in [-0.05, 0) is 54.6 Å². The molecule has 0 aromatic heterocycles. The minimum atomic E-state index is -5.08. The molecular weight excluding hydrogens is 454 g/mol. The van der Waals surface area contributed by atoms with Crippen LogP contribution < -0.4 is 20.7 Å². The fraction of sp³-hybridized carbons (Fsp3) is 0.300. The van der Waals surface area contributed by atoms with Gasteiger partial charge in [0.15, 0.2) is 0 Å². The molecule has 0 fully saturated rings. The highest BCUT2D eigenvalue weighted by Crippen LogP contribution is 2.30. The number of carboxylic acids is 1. The maximum Gasteiger partial charge on any atom is 0.490 e. The number of carboxylic acid groups (broad SMARTS) is 1. The quantitative estimate of drug-likeness (QED) is 0.385. The molecule has 0 bridgehead atoms. The van der Waals surface area contributed by atoms with E-state index in [1.54, 1.807) is 25.3 Å². The first-order chi connectivity index (χ1) is 15.1. The lowest BCUT2D eigenvalue weighted by atomic mass is 9.99. The summed E-state index contributed by atoms with van der Waals surface area (Å²) in [5.74, 6) is -2.37. The minimum absolute atomic E-state index is 0.191. The van der Waals surface area contributed by atoms with Crippen molar-refractivity contribution in [3.05, 3.63) is 47.3 Å². The number of rotatable bonds is 4. The number of nitrogens with one attached hydrogen (secondary N) is 3. The topological polar surface area (TPSA) is 99.7 Å². The number of hydrogen-bond acceptors (Lipinski definition) is 5. The van der Waals surface area contributed by atoms with E-state index in [1.165, 1.54) is 11.8 Å². The van der Waals surface area contributed by atoms with Gasteiger partial charge in [-0.15, -0.1) is 11.8 Å². The zero-order valence-corrected chi connectivity index (χ0v) is 17.9. The van der Waals surface area contributed by atoms with Gasteiger partial charge in [0.2, 0.25) is 0 Å². The number of amides is 2. The van der Waals surface area contributed by atoms with Gasteiger partial charge in [0.25, 0.3) is 0 Å². The Morgan fingerprint density at radius 1 is 1.19 bits per heavy atom. The number of hydrogen-bond donors (Lipinski definition) is 4. The lowest BCUT2D eigenvalue weighted by Crippen LogP contribution is -2.26. The SMILES string of the molecule is COc1ccc(NC(=O)Nc2ccc3c(c2F)CCNC3)cc1SC.O=C(O)C(F)(F)F. The van der Waals surface area contributed by atoms with Crippen LogP contribution in [0, 0.1) is 5.82 Å². The monoisotopic (exact) mass is 475 g/mol. The first kappa shape index (κ1) is 25.3. The van der Waals surface area contributed by atoms with Gasteiger partial charge in [0.1, 0.15) is 11.6 Å². The molecule has 0 atom stereocenters. The van der Waals surface area contributed by atoms with Crippen molar-refractivity contribution in [3.63, 3.8) is 0 Å². The van der Waals surface area contributed by atoms with Crippen LogP contribution in [0.15, 0.2) is 35.2 Å². The highest BCUT2D eigenvalue weighted by atomic mass is 32.2. The minimum Gasteiger partial charge on any atom is -0.496 e. The van der Waals surface area contributed by atoms with E-state index in [9.17, 15) is 22.4 Å². The lowest BCUT2D eigenvalue weighted by Gasteiger charge is -2.19. The van der Waals surface area contributed by atoms with Crippen molar-refractivity contribution in [3.8, 4) is 5.75 Å². The molecule has 32 heavy (non-hydrogen) atoms. The van der Waals surface area contributed by atoms with Crippen molar-refractivity contribution in [2.45, 2.75) is 24.0 Å². The number of methoxy groups -OCH3 is 1. The molecular formula is C20H21F4N3O4S. The van der Waals surface area contributed by atoms with E-state index >= 15 is 0 Å². The Morgan fingerprint density at radius 3 is 2.47 bits per heavy atom. The highest BCUT2D eigenvalue weighted by molar-refractivity contribution is 7.98. The molecule has 0 aliphatic carbocycles. The van der Waals surface area contributed by atoms with Gasteiger partial charge in [-0.3, -0.25) is 0 Å². The van der Waals surface area contributed by atoms with Gasteiger partial charge < -0.3 is 25.8 Å². The molecule has 0 radical (unpaired) electrons. The zero-order chi connectivity index (χ0) is 23.9. The average molecular weight is 475 g/mol. The number of benzene rings is 2. The Kier molecular flexibility index (Phi) is 8.72. The smallest absolute Gasteiger partial charge is 0.490 e. The first-order valence-corrected chi connectivity index (χ1v) is 10.4. The number of carbonyl (C=O) groups excluding carboxylic acids is 1. The normalized spacial score (nSPS) is 12.7. The van der Waals surface area contributed by atoms with Gasteiger partial charge in [-0.25, -0.2) is 14.0 Å². The van der Waals surface area contributed by atoms with Gasteiger partial charge >= 0.3 is 18.2 Å². The third-order valence-electron chi connectivity index (χ3n) is 4.34. The fourth-order valence-electron chi connectivity index (χ4n) is 2.83. The molecule has 1 heterocycles. The highest BCUT2D eigenvalue weighted by Gasteiger charge is 2.38. The Hall–Kier alpha value is -2.99. The molecule has 3 rings (SSSR count). The van der Waals surface area contributed by atoms with Crippen LogP contribution in [0.2, 0.25) is 0 Å². The van der Waals surface area contributed by atoms with Crippen molar-refractivity contribution in [1.29, 1.82) is 0 Å². The molecule has 0 unspecified atom stereocenters. The molecule has 174 valence electrons. The van der Waals surface area contributed by atoms with Crippen molar-refractivity contribution in [1.82, 2.24) is 5.32 Å². The summed E-state index contributed by atoms with van der Waals surface area (Å²) >= 11 is 1.52. The van der Waals surface area contributed by atoms with Gasteiger partial charge in [-0.2, -0.15) is 13.2 Å². The summed E-state index contributed by atoms with van der Waals surface area (Å²) in [4.78, 5) is 22.0. The summed E-state index contributed by atoms with van der Waals surface area (Å²) in [6.45, 7) is 1.39. The number of carbonyl (C=O) groups is 2. The third-order valence-corrected chi connectivity index (χ3v) is 5.10. The molecule has 2 aromatic carbocycles. The van der Waals surface area contributed by atoms with E-state index < -0.39 is 18.2 Å². The molecule has 12 heteroatoms. The van der Waals surface area contributed by atoms with Gasteiger partial charge in [0.05, 0.1) is 17.7 Å². The van der Waals surface area contributed by atoms with Crippen LogP contribution in [0.25, 0.3) is 0 Å². The number of thioether (sulfide) groups is 1. The molecule has 0 saturated heterocycles. The zero-order valence-electron chi connectivity index (χ0n) is 17.1. The van der Waals surface area contributed by atoms with Crippen molar-refractivity contribution >= 4 is 35.1 Å². The van der Waals surface area contributed by atoms with Gasteiger partial charge in [0, 0.05) is 12.2 Å². The van der Waals surface area contributed by atoms with E-state index in [4.69, 9.17) is 14.6 Å². The Morgan fingerprint density at radius 2 is 1.88 bits per heavy atom. The Labute approximate surface area is 185 Å². The summed E-state index contributed by atoms with van der Waals surface area (Å²) in [6, 6.07) is 8.31. The Bertz CT molecular complexity index is 986. The summed E-state index contributed by atoms with van der Waals surface area (Å²) in [5, 5.41) is 15.6. The molecule has 0 saturated carbocycles. The predicted octanol–water partition coefficient (Wildman–Crippen LogP) is 4.48. The van der Waals surface area contributed by atoms with Crippen LogP contribution in [0.5, 0.6) is 5.75 Å². The fourth-order valence-corrected chi connectivity index (χ4v) is 3.43. The number of ether oxygens (including phenoxy) is 1. The standard InChI is InChI=1S/C18H20FN3O2S.C2HF3O2/c1-24-15-6-4-12(9-16(15)25-2)21-18(23)22-14-5-3-11-10-20-8-7-13(11)17(14)19;3-2(4,5)1(6)7/h3-6,9,20H,7-8,10H2,1-2H3,(H2,21,22,23);(H,6,7). The van der Waals surface area contributed by atoms with Gasteiger partial charge in [-0.1, -0.05) is 6.07 Å². The van der Waals surface area contributed by atoms with Crippen molar-refractivity contribution in [2.75, 3.05) is 30.5 Å². The average Bonchev–Trinajstić information content (AvgIpc) is 2.75. The molecule has 1 aliphatic heterocycles.